The zero-order valence-electron chi connectivity index (χ0n) is 27.4. The van der Waals surface area contributed by atoms with E-state index in [0.29, 0.717) is 24.2 Å². The lowest BCUT2D eigenvalue weighted by Crippen LogP contribution is -2.57. The molecule has 5 unspecified atom stereocenters. The van der Waals surface area contributed by atoms with Gasteiger partial charge in [-0.15, -0.1) is 0 Å². The Morgan fingerprint density at radius 3 is 1.79 bits per heavy atom. The van der Waals surface area contributed by atoms with Crippen LogP contribution < -0.4 is 32.3 Å². The molecule has 0 radical (unpaired) electrons. The summed E-state index contributed by atoms with van der Waals surface area (Å²) in [4.78, 5) is 65.5. The number of carbonyl (C=O) groups is 5. The van der Waals surface area contributed by atoms with Crippen molar-refractivity contribution >= 4 is 41.3 Å². The molecule has 7 N–H and O–H groups in total. The molecule has 5 atom stereocenters. The van der Waals surface area contributed by atoms with E-state index in [1.165, 1.54) is 6.08 Å². The third-order valence-corrected chi connectivity index (χ3v) is 7.39. The maximum atomic E-state index is 13.6. The number of anilines is 2. The molecule has 47 heavy (non-hydrogen) atoms. The summed E-state index contributed by atoms with van der Waals surface area (Å²) >= 11 is 0. The molecule has 13 nitrogen and oxygen atoms in total. The van der Waals surface area contributed by atoms with Crippen LogP contribution in [0, 0.1) is 11.8 Å². The minimum atomic E-state index is -1.25. The van der Waals surface area contributed by atoms with Crippen LogP contribution in [0.4, 0.5) is 21.0 Å². The molecule has 0 saturated carbocycles. The molecule has 0 bridgehead atoms. The Kier molecular flexibility index (Phi) is 13.8. The minimum absolute atomic E-state index is 0.0540. The molecule has 0 heterocycles. The fourth-order valence-electron chi connectivity index (χ4n) is 5.15. The van der Waals surface area contributed by atoms with Crippen LogP contribution in [-0.2, 0) is 23.9 Å². The van der Waals surface area contributed by atoms with Gasteiger partial charge in [0.2, 0.25) is 17.7 Å². The maximum absolute atomic E-state index is 13.6. The summed E-state index contributed by atoms with van der Waals surface area (Å²) in [6.07, 6.45) is -2.15. The smallest absolute Gasteiger partial charge is 0.412 e. The lowest BCUT2D eigenvalue weighted by Gasteiger charge is -2.36. The quantitative estimate of drug-likeness (QED) is 0.178. The van der Waals surface area contributed by atoms with Crippen LogP contribution in [0.25, 0.3) is 0 Å². The molecule has 1 aliphatic rings. The highest BCUT2D eigenvalue weighted by Gasteiger charge is 2.42. The Morgan fingerprint density at radius 2 is 1.30 bits per heavy atom. The number of nitrogens with two attached hydrogens (primary N) is 1. The van der Waals surface area contributed by atoms with E-state index < -0.39 is 60.2 Å². The first-order chi connectivity index (χ1) is 22.4. The number of hydrogen-bond donors (Lipinski definition) is 6. The molecule has 1 aliphatic carbocycles. The van der Waals surface area contributed by atoms with Gasteiger partial charge in [-0.2, -0.15) is 0 Å². The molecule has 0 aromatic heterocycles. The van der Waals surface area contributed by atoms with Crippen molar-refractivity contribution in [3.63, 3.8) is 0 Å². The molecule has 2 aromatic rings. The van der Waals surface area contributed by atoms with Crippen LogP contribution in [0.2, 0.25) is 0 Å². The standard InChI is InChI=1S/C34H46N6O7/c1-20(2)16-26(30(35)41)40-31(42)22-18-25(39-32(43)27(36-5)17-21(3)4)29(47-34(45)38-24-14-10-7-11-15-24)28(19-22)46-33(44)37-23-12-8-6-9-13-23/h6-15,18,20-21,25-29,36H,16-17,19H2,1-5H3,(H2,35,41)(H,37,44)(H,38,45)(H,39,43)(H,40,42). The summed E-state index contributed by atoms with van der Waals surface area (Å²) in [7, 11) is 1.65. The molecule has 3 rings (SSSR count). The van der Waals surface area contributed by atoms with E-state index >= 15 is 0 Å². The van der Waals surface area contributed by atoms with E-state index in [-0.39, 0.29) is 23.8 Å². The molecule has 13 heteroatoms. The maximum Gasteiger partial charge on any atom is 0.412 e. The number of nitrogens with one attached hydrogen (secondary N) is 5. The average molecular weight is 651 g/mol. The Morgan fingerprint density at radius 1 is 0.787 bits per heavy atom. The highest BCUT2D eigenvalue weighted by atomic mass is 16.6. The van der Waals surface area contributed by atoms with Crippen LogP contribution in [-0.4, -0.2) is 67.3 Å². The van der Waals surface area contributed by atoms with Gasteiger partial charge in [0, 0.05) is 23.4 Å². The number of benzene rings is 2. The Bertz CT molecular complexity index is 1400. The van der Waals surface area contributed by atoms with Crippen LogP contribution in [0.1, 0.15) is 47.0 Å². The zero-order valence-corrected chi connectivity index (χ0v) is 27.4. The molecular formula is C34H46N6O7. The van der Waals surface area contributed by atoms with Crippen molar-refractivity contribution in [2.24, 2.45) is 17.6 Å². The minimum Gasteiger partial charge on any atom is -0.442 e. The summed E-state index contributed by atoms with van der Waals surface area (Å²) in [6.45, 7) is 7.73. The number of hydrogen-bond acceptors (Lipinski definition) is 8. The zero-order chi connectivity index (χ0) is 34.5. The van der Waals surface area contributed by atoms with Crippen LogP contribution in [0.5, 0.6) is 0 Å². The van der Waals surface area contributed by atoms with E-state index in [4.69, 9.17) is 15.2 Å². The van der Waals surface area contributed by atoms with Crippen molar-refractivity contribution in [3.05, 3.63) is 72.3 Å². The second-order valence-corrected chi connectivity index (χ2v) is 12.3. The largest absolute Gasteiger partial charge is 0.442 e. The average Bonchev–Trinajstić information content (AvgIpc) is 3.01. The van der Waals surface area contributed by atoms with Gasteiger partial charge in [-0.1, -0.05) is 64.1 Å². The van der Waals surface area contributed by atoms with Crippen LogP contribution >= 0.6 is 0 Å². The third kappa shape index (κ3) is 11.8. The Labute approximate surface area is 275 Å². The van der Waals surface area contributed by atoms with Gasteiger partial charge in [-0.05, 0) is 62.1 Å². The van der Waals surface area contributed by atoms with Gasteiger partial charge in [0.05, 0.1) is 12.1 Å². The number of carbonyl (C=O) groups excluding carboxylic acids is 5. The van der Waals surface area contributed by atoms with E-state index in [9.17, 15) is 24.0 Å². The number of rotatable bonds is 14. The second-order valence-electron chi connectivity index (χ2n) is 12.3. The summed E-state index contributed by atoms with van der Waals surface area (Å²) in [5.74, 6) is -1.52. The van der Waals surface area contributed by atoms with Crippen LogP contribution in [0.15, 0.2) is 72.3 Å². The van der Waals surface area contributed by atoms with Gasteiger partial charge in [-0.25, -0.2) is 9.59 Å². The van der Waals surface area contributed by atoms with E-state index in [2.05, 4.69) is 26.6 Å². The van der Waals surface area contributed by atoms with Gasteiger partial charge in [0.15, 0.2) is 6.10 Å². The lowest BCUT2D eigenvalue weighted by atomic mass is 9.88. The summed E-state index contributed by atoms with van der Waals surface area (Å²) in [5, 5.41) is 13.8. The number of primary amides is 1. The van der Waals surface area contributed by atoms with Crippen molar-refractivity contribution < 1.29 is 33.4 Å². The van der Waals surface area contributed by atoms with Gasteiger partial charge in [-0.3, -0.25) is 25.0 Å². The highest BCUT2D eigenvalue weighted by molar-refractivity contribution is 5.97. The molecule has 0 saturated heterocycles. The number of likely N-dealkylation sites (N-methyl/N-ethyl adjacent to an activating group) is 1. The predicted octanol–water partition coefficient (Wildman–Crippen LogP) is 3.69. The fraction of sp³-hybridized carbons (Fsp3) is 0.441. The fourth-order valence-corrected chi connectivity index (χ4v) is 5.15. The summed E-state index contributed by atoms with van der Waals surface area (Å²) in [6, 6.07) is 14.5. The molecule has 0 aliphatic heterocycles. The van der Waals surface area contributed by atoms with Crippen molar-refractivity contribution in [2.45, 2.75) is 77.3 Å². The molecular weight excluding hydrogens is 604 g/mol. The SMILES string of the molecule is CNC(CC(C)C)C(=O)NC1C=C(C(=O)NC(CC(C)C)C(N)=O)CC(OC(=O)Nc2ccccc2)C1OC(=O)Nc1ccccc1. The first-order valence-electron chi connectivity index (χ1n) is 15.7. The number of amides is 5. The Hall–Kier alpha value is -4.91. The highest BCUT2D eigenvalue weighted by Crippen LogP contribution is 2.27. The van der Waals surface area contributed by atoms with Gasteiger partial charge in [0.25, 0.3) is 0 Å². The lowest BCUT2D eigenvalue weighted by molar-refractivity contribution is -0.127. The molecule has 254 valence electrons. The van der Waals surface area contributed by atoms with Crippen molar-refractivity contribution in [1.29, 1.82) is 0 Å². The molecule has 2 aromatic carbocycles. The topological polar surface area (TPSA) is 190 Å². The first kappa shape index (κ1) is 36.6. The molecule has 0 fully saturated rings. The van der Waals surface area contributed by atoms with Crippen LogP contribution in [0.3, 0.4) is 0 Å². The monoisotopic (exact) mass is 650 g/mol. The van der Waals surface area contributed by atoms with Gasteiger partial charge in [0.1, 0.15) is 12.1 Å². The first-order valence-corrected chi connectivity index (χ1v) is 15.7. The summed E-state index contributed by atoms with van der Waals surface area (Å²) in [5.41, 5.74) is 6.59. The van der Waals surface area contributed by atoms with Crippen molar-refractivity contribution in [1.82, 2.24) is 16.0 Å². The molecule has 5 amide bonds. The third-order valence-electron chi connectivity index (χ3n) is 7.39. The van der Waals surface area contributed by atoms with Gasteiger partial charge >= 0.3 is 12.2 Å². The molecule has 0 spiro atoms. The normalized spacial score (nSPS) is 18.7. The summed E-state index contributed by atoms with van der Waals surface area (Å²) < 4.78 is 11.6. The van der Waals surface area contributed by atoms with Crippen molar-refractivity contribution in [2.75, 3.05) is 17.7 Å². The number of para-hydroxylation sites is 2. The van der Waals surface area contributed by atoms with Crippen molar-refractivity contribution in [3.8, 4) is 0 Å². The number of ether oxygens (including phenoxy) is 2. The Balaban J connectivity index is 1.99. The van der Waals surface area contributed by atoms with E-state index in [0.717, 1.165) is 0 Å². The predicted molar refractivity (Wildman–Crippen MR) is 178 cm³/mol. The van der Waals surface area contributed by atoms with E-state index in [1.54, 1.807) is 67.7 Å². The second kappa shape index (κ2) is 17.7. The van der Waals surface area contributed by atoms with E-state index in [1.807, 2.05) is 27.7 Å². The van der Waals surface area contributed by atoms with Gasteiger partial charge < -0.3 is 31.2 Å².